The van der Waals surface area contributed by atoms with Crippen LogP contribution in [0.2, 0.25) is 0 Å². The fourth-order valence-electron chi connectivity index (χ4n) is 3.58. The fourth-order valence-corrected chi connectivity index (χ4v) is 3.58. The van der Waals surface area contributed by atoms with Gasteiger partial charge < -0.3 is 10.6 Å². The van der Waals surface area contributed by atoms with Crippen molar-refractivity contribution in [2.75, 3.05) is 11.9 Å². The number of hydrogen-bond donors (Lipinski definition) is 2. The first-order chi connectivity index (χ1) is 17.4. The molecule has 0 radical (unpaired) electrons. The van der Waals surface area contributed by atoms with Gasteiger partial charge in [-0.2, -0.15) is 26.3 Å². The van der Waals surface area contributed by atoms with Crippen LogP contribution in [0.5, 0.6) is 0 Å². The number of nitrogens with zero attached hydrogens (tertiary/aromatic N) is 1. The fraction of sp³-hybridized carbons (Fsp3) is 0.115. The maximum Gasteiger partial charge on any atom is 0.416 e. The SMILES string of the molecule is O=C(NCC(F)(F)F)c1cnc2cc(NC(=O)c3ccccc3-c3ccc(C(F)(F)F)cc3)ccc2c1. The van der Waals surface area contributed by atoms with Crippen molar-refractivity contribution in [2.24, 2.45) is 0 Å². The molecule has 1 aromatic heterocycles. The molecule has 4 rings (SSSR count). The zero-order chi connectivity index (χ0) is 26.8. The van der Waals surface area contributed by atoms with E-state index in [0.717, 1.165) is 18.3 Å². The number of amides is 2. The molecule has 0 saturated carbocycles. The van der Waals surface area contributed by atoms with Crippen molar-refractivity contribution < 1.29 is 35.9 Å². The highest BCUT2D eigenvalue weighted by Crippen LogP contribution is 2.32. The molecule has 0 bridgehead atoms. The molecule has 0 unspecified atom stereocenters. The number of alkyl halides is 6. The van der Waals surface area contributed by atoms with Gasteiger partial charge >= 0.3 is 12.4 Å². The molecule has 37 heavy (non-hydrogen) atoms. The van der Waals surface area contributed by atoms with Crippen LogP contribution in [0.4, 0.5) is 32.0 Å². The van der Waals surface area contributed by atoms with E-state index in [-0.39, 0.29) is 11.1 Å². The van der Waals surface area contributed by atoms with Crippen molar-refractivity contribution >= 4 is 28.4 Å². The second-order valence-electron chi connectivity index (χ2n) is 8.00. The molecule has 0 aliphatic heterocycles. The maximum atomic E-state index is 13.0. The Balaban J connectivity index is 1.53. The van der Waals surface area contributed by atoms with Crippen LogP contribution in [0.3, 0.4) is 0 Å². The van der Waals surface area contributed by atoms with E-state index in [1.807, 2.05) is 0 Å². The molecule has 190 valence electrons. The molecule has 1 heterocycles. The predicted molar refractivity (Wildman–Crippen MR) is 125 cm³/mol. The van der Waals surface area contributed by atoms with Gasteiger partial charge in [0, 0.05) is 22.8 Å². The second kappa shape index (κ2) is 9.92. The number of aromatic nitrogens is 1. The number of pyridine rings is 1. The molecule has 2 N–H and O–H groups in total. The van der Waals surface area contributed by atoms with Gasteiger partial charge in [-0.1, -0.05) is 36.4 Å². The summed E-state index contributed by atoms with van der Waals surface area (Å²) >= 11 is 0. The molecule has 4 aromatic rings. The van der Waals surface area contributed by atoms with Gasteiger partial charge in [0.1, 0.15) is 6.54 Å². The maximum absolute atomic E-state index is 13.0. The second-order valence-corrected chi connectivity index (χ2v) is 8.00. The minimum Gasteiger partial charge on any atom is -0.343 e. The third kappa shape index (κ3) is 6.24. The summed E-state index contributed by atoms with van der Waals surface area (Å²) in [6.45, 7) is -1.47. The van der Waals surface area contributed by atoms with Crippen LogP contribution in [0.25, 0.3) is 22.0 Å². The molecule has 2 amide bonds. The minimum absolute atomic E-state index is 0.0565. The van der Waals surface area contributed by atoms with Gasteiger partial charge in [0.15, 0.2) is 0 Å². The normalized spacial score (nSPS) is 11.8. The smallest absolute Gasteiger partial charge is 0.343 e. The molecule has 0 spiro atoms. The zero-order valence-electron chi connectivity index (χ0n) is 18.7. The largest absolute Gasteiger partial charge is 0.416 e. The van der Waals surface area contributed by atoms with Gasteiger partial charge in [0.25, 0.3) is 11.8 Å². The zero-order valence-corrected chi connectivity index (χ0v) is 18.7. The summed E-state index contributed by atoms with van der Waals surface area (Å²) in [6, 6.07) is 16.9. The summed E-state index contributed by atoms with van der Waals surface area (Å²) in [4.78, 5) is 29.1. The van der Waals surface area contributed by atoms with E-state index in [1.54, 1.807) is 29.6 Å². The van der Waals surface area contributed by atoms with Gasteiger partial charge in [-0.05, 0) is 47.5 Å². The summed E-state index contributed by atoms with van der Waals surface area (Å²) in [5.74, 6) is -1.44. The first-order valence-electron chi connectivity index (χ1n) is 10.7. The van der Waals surface area contributed by atoms with Gasteiger partial charge in [-0.3, -0.25) is 14.6 Å². The molecular formula is C26H17F6N3O2. The van der Waals surface area contributed by atoms with Crippen LogP contribution < -0.4 is 10.6 Å². The standard InChI is InChI=1S/C26H17F6N3O2/c27-25(28,29)14-34-23(36)17-11-16-7-10-19(12-22(16)33-13-17)35-24(37)21-4-2-1-3-20(21)15-5-8-18(9-6-15)26(30,31)32/h1-13H,14H2,(H,34,36)(H,35,37). The molecule has 0 aliphatic rings. The van der Waals surface area contributed by atoms with E-state index in [1.165, 1.54) is 36.4 Å². The molecule has 0 fully saturated rings. The average molecular weight is 517 g/mol. The highest BCUT2D eigenvalue weighted by atomic mass is 19.4. The highest BCUT2D eigenvalue weighted by Gasteiger charge is 2.30. The number of hydrogen-bond acceptors (Lipinski definition) is 3. The van der Waals surface area contributed by atoms with E-state index in [9.17, 15) is 35.9 Å². The summed E-state index contributed by atoms with van der Waals surface area (Å²) in [5.41, 5.74) is 0.953. The van der Waals surface area contributed by atoms with E-state index < -0.39 is 36.3 Å². The lowest BCUT2D eigenvalue weighted by atomic mass is 9.98. The number of benzene rings is 3. The van der Waals surface area contributed by atoms with Crippen molar-refractivity contribution in [3.05, 3.63) is 95.7 Å². The predicted octanol–water partition coefficient (Wildman–Crippen LogP) is 6.47. The van der Waals surface area contributed by atoms with E-state index in [2.05, 4.69) is 10.3 Å². The Morgan fingerprint density at radius 3 is 2.19 bits per heavy atom. The van der Waals surface area contributed by atoms with Crippen LogP contribution in [0.15, 0.2) is 79.0 Å². The van der Waals surface area contributed by atoms with E-state index in [0.29, 0.717) is 27.7 Å². The first-order valence-corrected chi connectivity index (χ1v) is 10.7. The third-order valence-electron chi connectivity index (χ3n) is 5.35. The Bertz CT molecular complexity index is 1460. The molecule has 0 aliphatic carbocycles. The van der Waals surface area contributed by atoms with Crippen LogP contribution in [0.1, 0.15) is 26.3 Å². The van der Waals surface area contributed by atoms with Crippen molar-refractivity contribution in [3.63, 3.8) is 0 Å². The van der Waals surface area contributed by atoms with Gasteiger partial charge in [0.2, 0.25) is 0 Å². The number of anilines is 1. The number of carbonyl (C=O) groups excluding carboxylic acids is 2. The Morgan fingerprint density at radius 2 is 1.51 bits per heavy atom. The van der Waals surface area contributed by atoms with Gasteiger partial charge in [-0.25, -0.2) is 0 Å². The number of nitrogens with one attached hydrogen (secondary N) is 2. The Hall–Kier alpha value is -4.41. The topological polar surface area (TPSA) is 71.1 Å². The van der Waals surface area contributed by atoms with E-state index >= 15 is 0 Å². The minimum atomic E-state index is -4.54. The van der Waals surface area contributed by atoms with Crippen LogP contribution in [-0.2, 0) is 6.18 Å². The molecule has 3 aromatic carbocycles. The lowest BCUT2D eigenvalue weighted by Gasteiger charge is -2.12. The number of fused-ring (bicyclic) bond motifs is 1. The van der Waals surface area contributed by atoms with Crippen molar-refractivity contribution in [2.45, 2.75) is 12.4 Å². The summed E-state index contributed by atoms with van der Waals surface area (Å²) in [6.07, 6.45) is -7.90. The molecular weight excluding hydrogens is 500 g/mol. The third-order valence-corrected chi connectivity index (χ3v) is 5.35. The monoisotopic (exact) mass is 517 g/mol. The van der Waals surface area contributed by atoms with Crippen molar-refractivity contribution in [1.29, 1.82) is 0 Å². The van der Waals surface area contributed by atoms with Gasteiger partial charge in [-0.15, -0.1) is 0 Å². The lowest BCUT2D eigenvalue weighted by Crippen LogP contribution is -2.33. The lowest BCUT2D eigenvalue weighted by molar-refractivity contribution is -0.137. The summed E-state index contributed by atoms with van der Waals surface area (Å²) < 4.78 is 75.7. The van der Waals surface area contributed by atoms with Crippen LogP contribution in [0, 0.1) is 0 Å². The Kier molecular flexibility index (Phi) is 6.88. The molecule has 0 atom stereocenters. The Labute approximate surface area is 206 Å². The van der Waals surface area contributed by atoms with Gasteiger partial charge in [0.05, 0.1) is 16.6 Å². The molecule has 11 heteroatoms. The summed E-state index contributed by atoms with van der Waals surface area (Å²) in [7, 11) is 0. The van der Waals surface area contributed by atoms with E-state index in [4.69, 9.17) is 0 Å². The molecule has 5 nitrogen and oxygen atoms in total. The van der Waals surface area contributed by atoms with Crippen molar-refractivity contribution in [1.82, 2.24) is 10.3 Å². The van der Waals surface area contributed by atoms with Crippen LogP contribution >= 0.6 is 0 Å². The summed E-state index contributed by atoms with van der Waals surface area (Å²) in [5, 5.41) is 4.94. The average Bonchev–Trinajstić information content (AvgIpc) is 2.86. The number of halogens is 6. The van der Waals surface area contributed by atoms with Crippen molar-refractivity contribution in [3.8, 4) is 11.1 Å². The quantitative estimate of drug-likeness (QED) is 0.299. The highest BCUT2D eigenvalue weighted by molar-refractivity contribution is 6.09. The number of carbonyl (C=O) groups is 2. The number of rotatable bonds is 5. The first kappa shape index (κ1) is 25.7. The molecule has 0 saturated heterocycles. The Morgan fingerprint density at radius 1 is 0.811 bits per heavy atom. The van der Waals surface area contributed by atoms with Crippen LogP contribution in [-0.4, -0.2) is 29.5 Å².